The number of aromatic nitrogens is 3. The van der Waals surface area contributed by atoms with Crippen LogP contribution in [0.5, 0.6) is 17.2 Å². The first-order valence-electron chi connectivity index (χ1n) is 11.3. The minimum atomic E-state index is -0.776. The number of amides is 1. The average molecular weight is 508 g/mol. The number of anilines is 2. The highest BCUT2D eigenvalue weighted by Gasteiger charge is 2.21. The highest BCUT2D eigenvalue weighted by molar-refractivity contribution is 6.32. The van der Waals surface area contributed by atoms with E-state index in [0.717, 1.165) is 5.69 Å². The van der Waals surface area contributed by atoms with Gasteiger partial charge in [0.25, 0.3) is 5.91 Å². The third-order valence-electron chi connectivity index (χ3n) is 5.39. The number of hydrogen-bond donors (Lipinski definition) is 2. The van der Waals surface area contributed by atoms with Crippen LogP contribution in [-0.4, -0.2) is 57.2 Å². The Balaban J connectivity index is 1.58. The largest absolute Gasteiger partial charge is 0.480 e. The van der Waals surface area contributed by atoms with Crippen molar-refractivity contribution in [3.8, 4) is 17.2 Å². The van der Waals surface area contributed by atoms with Gasteiger partial charge in [-0.25, -0.2) is 9.97 Å². The Morgan fingerprint density at radius 2 is 1.97 bits per heavy atom. The highest BCUT2D eigenvalue weighted by atomic mass is 35.5. The Kier molecular flexibility index (Phi) is 7.82. The first-order valence-corrected chi connectivity index (χ1v) is 11.7. The molecule has 10 heteroatoms. The summed E-state index contributed by atoms with van der Waals surface area (Å²) >= 11 is 6.48. The van der Waals surface area contributed by atoms with Crippen molar-refractivity contribution in [2.45, 2.75) is 20.0 Å². The Labute approximate surface area is 213 Å². The van der Waals surface area contributed by atoms with Crippen molar-refractivity contribution in [2.75, 3.05) is 25.5 Å². The molecule has 1 atom stereocenters. The van der Waals surface area contributed by atoms with Gasteiger partial charge in [-0.2, -0.15) is 0 Å². The summed E-state index contributed by atoms with van der Waals surface area (Å²) in [6, 6.07) is 14.4. The van der Waals surface area contributed by atoms with E-state index in [1.807, 2.05) is 31.2 Å². The van der Waals surface area contributed by atoms with E-state index in [1.54, 1.807) is 44.4 Å². The van der Waals surface area contributed by atoms with Crippen LogP contribution in [0.15, 0.2) is 61.1 Å². The normalized spacial score (nSPS) is 11.7. The molecule has 1 amide bonds. The van der Waals surface area contributed by atoms with Crippen molar-refractivity contribution in [3.05, 3.63) is 71.8 Å². The second-order valence-electron chi connectivity index (χ2n) is 8.12. The van der Waals surface area contributed by atoms with E-state index in [0.29, 0.717) is 44.7 Å². The van der Waals surface area contributed by atoms with E-state index in [9.17, 15) is 4.79 Å². The van der Waals surface area contributed by atoms with E-state index < -0.39 is 6.10 Å². The number of pyridine rings is 1. The van der Waals surface area contributed by atoms with Gasteiger partial charge >= 0.3 is 0 Å². The Morgan fingerprint density at radius 1 is 1.14 bits per heavy atom. The Bertz CT molecular complexity index is 1360. The molecular weight excluding hydrogens is 482 g/mol. The molecule has 0 radical (unpaired) electrons. The lowest BCUT2D eigenvalue weighted by Gasteiger charge is -2.22. The molecular formula is C26H26ClN5O4. The maximum absolute atomic E-state index is 12.6. The summed E-state index contributed by atoms with van der Waals surface area (Å²) in [7, 11) is 1.62. The van der Waals surface area contributed by atoms with Crippen molar-refractivity contribution >= 4 is 39.9 Å². The minimum Gasteiger partial charge on any atom is -0.480 e. The van der Waals surface area contributed by atoms with Crippen molar-refractivity contribution in [3.63, 3.8) is 0 Å². The van der Waals surface area contributed by atoms with E-state index in [4.69, 9.17) is 26.2 Å². The summed E-state index contributed by atoms with van der Waals surface area (Å²) in [6.45, 7) is 3.66. The van der Waals surface area contributed by atoms with Crippen LogP contribution in [-0.2, 0) is 4.79 Å². The number of nitrogens with one attached hydrogen (secondary N) is 1. The molecule has 2 heterocycles. The maximum atomic E-state index is 12.6. The molecule has 0 bridgehead atoms. The van der Waals surface area contributed by atoms with Crippen LogP contribution in [0.1, 0.15) is 12.6 Å². The van der Waals surface area contributed by atoms with Gasteiger partial charge in [-0.15, -0.1) is 0 Å². The molecule has 0 saturated carbocycles. The van der Waals surface area contributed by atoms with E-state index >= 15 is 0 Å². The van der Waals surface area contributed by atoms with Crippen LogP contribution in [0.4, 0.5) is 11.5 Å². The molecule has 2 aromatic carbocycles. The lowest BCUT2D eigenvalue weighted by molar-refractivity contribution is -0.136. The predicted octanol–water partition coefficient (Wildman–Crippen LogP) is 4.74. The Morgan fingerprint density at radius 3 is 2.69 bits per heavy atom. The molecule has 2 N–H and O–H groups in total. The van der Waals surface area contributed by atoms with E-state index in [1.165, 1.54) is 11.2 Å². The zero-order valence-electron chi connectivity index (χ0n) is 20.1. The van der Waals surface area contributed by atoms with Crippen molar-refractivity contribution in [2.24, 2.45) is 0 Å². The van der Waals surface area contributed by atoms with E-state index in [-0.39, 0.29) is 19.1 Å². The number of halogens is 1. The molecule has 0 saturated heterocycles. The van der Waals surface area contributed by atoms with Crippen LogP contribution < -0.4 is 14.8 Å². The number of ether oxygens (including phenoxy) is 2. The number of likely N-dealkylation sites (N-methyl/N-ethyl adjacent to an activating group) is 1. The number of carbonyl (C=O) groups is 1. The van der Waals surface area contributed by atoms with Gasteiger partial charge in [0.1, 0.15) is 29.4 Å². The molecule has 4 aromatic rings. The fourth-order valence-corrected chi connectivity index (χ4v) is 3.74. The number of rotatable bonds is 9. The van der Waals surface area contributed by atoms with Crippen LogP contribution in [0.2, 0.25) is 5.02 Å². The van der Waals surface area contributed by atoms with Gasteiger partial charge in [0.15, 0.2) is 6.10 Å². The van der Waals surface area contributed by atoms with Gasteiger partial charge in [0, 0.05) is 25.0 Å². The maximum Gasteiger partial charge on any atom is 0.263 e. The third-order valence-corrected chi connectivity index (χ3v) is 5.69. The van der Waals surface area contributed by atoms with Crippen LogP contribution in [0, 0.1) is 6.92 Å². The molecule has 9 nitrogen and oxygen atoms in total. The highest BCUT2D eigenvalue weighted by Crippen LogP contribution is 2.35. The molecule has 0 fully saturated rings. The summed E-state index contributed by atoms with van der Waals surface area (Å²) in [5.74, 6) is 1.76. The van der Waals surface area contributed by atoms with E-state index in [2.05, 4.69) is 20.3 Å². The van der Waals surface area contributed by atoms with Gasteiger partial charge in [0.2, 0.25) is 0 Å². The summed E-state index contributed by atoms with van der Waals surface area (Å²) in [6.07, 6.45) is 2.31. The molecule has 0 aliphatic rings. The molecule has 0 spiro atoms. The van der Waals surface area contributed by atoms with Gasteiger partial charge in [-0.05, 0) is 56.3 Å². The van der Waals surface area contributed by atoms with Gasteiger partial charge in [-0.1, -0.05) is 17.7 Å². The van der Waals surface area contributed by atoms with Crippen LogP contribution in [0.3, 0.4) is 0 Å². The lowest BCUT2D eigenvalue weighted by Crippen LogP contribution is -2.39. The zero-order valence-corrected chi connectivity index (χ0v) is 20.9. The molecule has 36 heavy (non-hydrogen) atoms. The van der Waals surface area contributed by atoms with Crippen LogP contribution in [0.25, 0.3) is 10.9 Å². The smallest absolute Gasteiger partial charge is 0.263 e. The minimum absolute atomic E-state index is 0.126. The summed E-state index contributed by atoms with van der Waals surface area (Å²) in [4.78, 5) is 27.0. The first kappa shape index (κ1) is 25.2. The van der Waals surface area contributed by atoms with Crippen molar-refractivity contribution in [1.29, 1.82) is 0 Å². The number of aryl methyl sites for hydroxylation is 1. The van der Waals surface area contributed by atoms with Crippen LogP contribution >= 0.6 is 11.6 Å². The fourth-order valence-electron chi connectivity index (χ4n) is 3.52. The number of benzene rings is 2. The van der Waals surface area contributed by atoms with Gasteiger partial charge < -0.3 is 24.8 Å². The molecule has 186 valence electrons. The zero-order chi connectivity index (χ0) is 25.7. The quantitative estimate of drug-likeness (QED) is 0.334. The predicted molar refractivity (Wildman–Crippen MR) is 138 cm³/mol. The van der Waals surface area contributed by atoms with Crippen molar-refractivity contribution < 1.29 is 19.4 Å². The monoisotopic (exact) mass is 507 g/mol. The molecule has 2 aromatic heterocycles. The standard InChI is InChI=1S/C26H26ClN5O4/c1-16-7-9-19(14-28-16)36-22-10-8-18(13-20(22)27)31-25-24-21(29-15-30-25)5-4-6-23(24)35-17(2)26(34)32(3)11-12-33/h4-10,13-15,17,33H,11-12H2,1-3H3,(H,29,30,31)/t17-/m1/s1. The van der Waals surface area contributed by atoms with Gasteiger partial charge in [0.05, 0.1) is 28.7 Å². The van der Waals surface area contributed by atoms with Crippen molar-refractivity contribution in [1.82, 2.24) is 19.9 Å². The molecule has 0 unspecified atom stereocenters. The Hall–Kier alpha value is -3.95. The number of aliphatic hydroxyl groups excluding tert-OH is 1. The summed E-state index contributed by atoms with van der Waals surface area (Å²) < 4.78 is 11.9. The number of carbonyl (C=O) groups excluding carboxylic acids is 1. The average Bonchev–Trinajstić information content (AvgIpc) is 2.87. The SMILES string of the molecule is Cc1ccc(Oc2ccc(Nc3ncnc4cccc(O[C@H](C)C(=O)N(C)CCO)c34)cc2Cl)cn1. The lowest BCUT2D eigenvalue weighted by atomic mass is 10.2. The number of hydrogen-bond acceptors (Lipinski definition) is 8. The topological polar surface area (TPSA) is 110 Å². The second kappa shape index (κ2) is 11.2. The molecule has 0 aliphatic heterocycles. The second-order valence-corrected chi connectivity index (χ2v) is 8.53. The summed E-state index contributed by atoms with van der Waals surface area (Å²) in [5, 5.41) is 13.4. The molecule has 4 rings (SSSR count). The molecule has 0 aliphatic carbocycles. The third kappa shape index (κ3) is 5.81. The number of aliphatic hydroxyl groups is 1. The van der Waals surface area contributed by atoms with Gasteiger partial charge in [-0.3, -0.25) is 9.78 Å². The first-order chi connectivity index (χ1) is 17.4. The number of nitrogens with zero attached hydrogens (tertiary/aromatic N) is 4. The summed E-state index contributed by atoms with van der Waals surface area (Å²) in [5.41, 5.74) is 2.21. The fraction of sp³-hybridized carbons (Fsp3) is 0.231. The number of fused-ring (bicyclic) bond motifs is 1.